The molecule has 1 aliphatic carbocycles. The van der Waals surface area contributed by atoms with Crippen LogP contribution in [-0.2, 0) is 4.79 Å². The van der Waals surface area contributed by atoms with Crippen molar-refractivity contribution in [3.05, 3.63) is 22.2 Å². The highest BCUT2D eigenvalue weighted by molar-refractivity contribution is 5.66. The molecule has 18 heavy (non-hydrogen) atoms. The van der Waals surface area contributed by atoms with Gasteiger partial charge in [0.05, 0.1) is 0 Å². The molecule has 6 heteroatoms. The van der Waals surface area contributed by atoms with E-state index < -0.39 is 5.97 Å². The van der Waals surface area contributed by atoms with Gasteiger partial charge < -0.3 is 15.0 Å². The van der Waals surface area contributed by atoms with Crippen LogP contribution in [0.15, 0.2) is 10.9 Å². The number of nitrogens with zero attached hydrogens (tertiary/aromatic N) is 2. The van der Waals surface area contributed by atoms with Crippen molar-refractivity contribution in [1.29, 1.82) is 0 Å². The van der Waals surface area contributed by atoms with E-state index in [1.54, 1.807) is 0 Å². The molecule has 0 saturated heterocycles. The van der Waals surface area contributed by atoms with Crippen LogP contribution in [0.1, 0.15) is 37.4 Å². The van der Waals surface area contributed by atoms with Gasteiger partial charge >= 0.3 is 5.97 Å². The van der Waals surface area contributed by atoms with Crippen LogP contribution in [0.4, 0.5) is 5.82 Å². The molecule has 1 aromatic heterocycles. The molecule has 6 nitrogen and oxygen atoms in total. The number of aliphatic carboxylic acids is 1. The molecule has 2 N–H and O–H groups in total. The highest BCUT2D eigenvalue weighted by Gasteiger charge is 2.26. The van der Waals surface area contributed by atoms with Crippen molar-refractivity contribution in [3.63, 3.8) is 0 Å². The van der Waals surface area contributed by atoms with Crippen molar-refractivity contribution in [2.75, 3.05) is 18.5 Å². The van der Waals surface area contributed by atoms with Gasteiger partial charge in [-0.3, -0.25) is 9.59 Å². The predicted molar refractivity (Wildman–Crippen MR) is 67.0 cm³/mol. The lowest BCUT2D eigenvalue weighted by Gasteiger charge is -2.17. The zero-order valence-corrected chi connectivity index (χ0v) is 10.3. The average molecular weight is 251 g/mol. The fourth-order valence-corrected chi connectivity index (χ4v) is 1.79. The zero-order valence-electron chi connectivity index (χ0n) is 10.3. The lowest BCUT2D eigenvalue weighted by molar-refractivity contribution is -0.137. The second-order valence-corrected chi connectivity index (χ2v) is 4.68. The maximum absolute atomic E-state index is 11.5. The Kier molecular flexibility index (Phi) is 3.64. The Morgan fingerprint density at radius 1 is 1.61 bits per heavy atom. The fourth-order valence-electron chi connectivity index (χ4n) is 1.79. The van der Waals surface area contributed by atoms with Gasteiger partial charge in [0.15, 0.2) is 0 Å². The molecule has 98 valence electrons. The third kappa shape index (κ3) is 3.32. The SMILES string of the molecule is CN(CCCC(=O)O)c1cc(=O)[nH]c(C2CC2)n1. The normalized spacial score (nSPS) is 14.5. The number of rotatable bonds is 6. The molecule has 0 aliphatic heterocycles. The van der Waals surface area contributed by atoms with Crippen LogP contribution in [-0.4, -0.2) is 34.6 Å². The molecule has 1 aliphatic rings. The van der Waals surface area contributed by atoms with E-state index in [9.17, 15) is 9.59 Å². The molecule has 0 unspecified atom stereocenters. The Hall–Kier alpha value is -1.85. The maximum atomic E-state index is 11.5. The lowest BCUT2D eigenvalue weighted by Crippen LogP contribution is -2.23. The van der Waals surface area contributed by atoms with Crippen LogP contribution in [0.5, 0.6) is 0 Å². The molecular formula is C12H17N3O3. The largest absolute Gasteiger partial charge is 0.481 e. The summed E-state index contributed by atoms with van der Waals surface area (Å²) in [4.78, 5) is 30.9. The Bertz CT molecular complexity index is 494. The summed E-state index contributed by atoms with van der Waals surface area (Å²) >= 11 is 0. The number of carbonyl (C=O) groups is 1. The Balaban J connectivity index is 2.02. The highest BCUT2D eigenvalue weighted by Crippen LogP contribution is 2.37. The Morgan fingerprint density at radius 3 is 2.94 bits per heavy atom. The molecule has 0 spiro atoms. The van der Waals surface area contributed by atoms with Crippen LogP contribution in [0.2, 0.25) is 0 Å². The van der Waals surface area contributed by atoms with E-state index in [0.717, 1.165) is 18.7 Å². The molecule has 1 heterocycles. The van der Waals surface area contributed by atoms with Gasteiger partial charge in [-0.1, -0.05) is 0 Å². The molecule has 0 radical (unpaired) electrons. The Labute approximate surface area is 105 Å². The quantitative estimate of drug-likeness (QED) is 0.786. The van der Waals surface area contributed by atoms with Crippen molar-refractivity contribution in [3.8, 4) is 0 Å². The molecule has 0 bridgehead atoms. The van der Waals surface area contributed by atoms with E-state index in [1.165, 1.54) is 6.07 Å². The topological polar surface area (TPSA) is 86.3 Å². The van der Waals surface area contributed by atoms with Crippen molar-refractivity contribution < 1.29 is 9.90 Å². The average Bonchev–Trinajstić information content (AvgIpc) is 3.11. The van der Waals surface area contributed by atoms with E-state index in [4.69, 9.17) is 5.11 Å². The molecule has 1 fully saturated rings. The summed E-state index contributed by atoms with van der Waals surface area (Å²) in [5, 5.41) is 8.58. The number of anilines is 1. The van der Waals surface area contributed by atoms with Gasteiger partial charge in [0.1, 0.15) is 11.6 Å². The molecule has 0 aromatic carbocycles. The Morgan fingerprint density at radius 2 is 2.33 bits per heavy atom. The molecule has 2 rings (SSSR count). The first-order chi connectivity index (χ1) is 8.56. The first-order valence-corrected chi connectivity index (χ1v) is 6.10. The zero-order chi connectivity index (χ0) is 13.1. The highest BCUT2D eigenvalue weighted by atomic mass is 16.4. The summed E-state index contributed by atoms with van der Waals surface area (Å²) in [5.41, 5.74) is -0.146. The monoisotopic (exact) mass is 251 g/mol. The van der Waals surface area contributed by atoms with E-state index in [2.05, 4.69) is 9.97 Å². The fraction of sp³-hybridized carbons (Fsp3) is 0.583. The minimum atomic E-state index is -0.805. The predicted octanol–water partition coefficient (Wildman–Crippen LogP) is 0.948. The summed E-state index contributed by atoms with van der Waals surface area (Å²) in [5.74, 6) is 0.958. The maximum Gasteiger partial charge on any atom is 0.303 e. The second kappa shape index (κ2) is 5.20. The van der Waals surface area contributed by atoms with E-state index in [-0.39, 0.29) is 12.0 Å². The number of carboxylic acids is 1. The van der Waals surface area contributed by atoms with Crippen LogP contribution in [0.3, 0.4) is 0 Å². The lowest BCUT2D eigenvalue weighted by atomic mass is 10.3. The molecule has 1 saturated carbocycles. The summed E-state index contributed by atoms with van der Waals surface area (Å²) in [6.45, 7) is 0.576. The van der Waals surface area contributed by atoms with Crippen molar-refractivity contribution in [1.82, 2.24) is 9.97 Å². The standard InChI is InChI=1S/C12H17N3O3/c1-15(6-2-3-11(17)18)9-7-10(16)14-12(13-9)8-4-5-8/h7-8H,2-6H2,1H3,(H,17,18)(H,13,14,16). The third-order valence-electron chi connectivity index (χ3n) is 2.99. The molecule has 1 aromatic rings. The number of aromatic nitrogens is 2. The van der Waals surface area contributed by atoms with E-state index in [1.807, 2.05) is 11.9 Å². The van der Waals surface area contributed by atoms with Crippen LogP contribution < -0.4 is 10.5 Å². The van der Waals surface area contributed by atoms with E-state index >= 15 is 0 Å². The van der Waals surface area contributed by atoms with Gasteiger partial charge in [0.2, 0.25) is 0 Å². The minimum absolute atomic E-state index is 0.128. The number of H-pyrrole nitrogens is 1. The van der Waals surface area contributed by atoms with Crippen molar-refractivity contribution in [2.24, 2.45) is 0 Å². The van der Waals surface area contributed by atoms with Crippen LogP contribution >= 0.6 is 0 Å². The minimum Gasteiger partial charge on any atom is -0.481 e. The number of hydrogen-bond acceptors (Lipinski definition) is 4. The second-order valence-electron chi connectivity index (χ2n) is 4.68. The first kappa shape index (κ1) is 12.6. The van der Waals surface area contributed by atoms with Gasteiger partial charge in [0, 0.05) is 32.0 Å². The number of aromatic amines is 1. The van der Waals surface area contributed by atoms with Gasteiger partial charge in [0.25, 0.3) is 5.56 Å². The van der Waals surface area contributed by atoms with Gasteiger partial charge in [-0.25, -0.2) is 4.98 Å². The number of carboxylic acid groups (broad SMARTS) is 1. The summed E-state index contributed by atoms with van der Waals surface area (Å²) in [6, 6.07) is 1.45. The molecular weight excluding hydrogens is 234 g/mol. The van der Waals surface area contributed by atoms with E-state index in [0.29, 0.717) is 24.7 Å². The summed E-state index contributed by atoms with van der Waals surface area (Å²) in [7, 11) is 1.82. The summed E-state index contributed by atoms with van der Waals surface area (Å²) in [6.07, 6.45) is 2.83. The first-order valence-electron chi connectivity index (χ1n) is 6.10. The van der Waals surface area contributed by atoms with Gasteiger partial charge in [-0.15, -0.1) is 0 Å². The van der Waals surface area contributed by atoms with Gasteiger partial charge in [-0.2, -0.15) is 0 Å². The third-order valence-corrected chi connectivity index (χ3v) is 2.99. The number of hydrogen-bond donors (Lipinski definition) is 2. The van der Waals surface area contributed by atoms with Crippen LogP contribution in [0, 0.1) is 0 Å². The summed E-state index contributed by atoms with van der Waals surface area (Å²) < 4.78 is 0. The smallest absolute Gasteiger partial charge is 0.303 e. The number of nitrogens with one attached hydrogen (secondary N) is 1. The van der Waals surface area contributed by atoms with Crippen LogP contribution in [0.25, 0.3) is 0 Å². The molecule has 0 atom stereocenters. The van der Waals surface area contributed by atoms with Crippen molar-refractivity contribution in [2.45, 2.75) is 31.6 Å². The van der Waals surface area contributed by atoms with Crippen molar-refractivity contribution >= 4 is 11.8 Å². The van der Waals surface area contributed by atoms with Gasteiger partial charge in [-0.05, 0) is 19.3 Å². The molecule has 0 amide bonds.